The number of ketones is 1. The molecule has 0 aromatic rings. The lowest BCUT2D eigenvalue weighted by molar-refractivity contribution is -0.115. The van der Waals surface area contributed by atoms with Crippen LogP contribution in [0.2, 0.25) is 0 Å². The van der Waals surface area contributed by atoms with E-state index in [4.69, 9.17) is 5.73 Å². The van der Waals surface area contributed by atoms with Crippen molar-refractivity contribution in [1.82, 2.24) is 4.90 Å². The van der Waals surface area contributed by atoms with E-state index in [0.717, 1.165) is 19.6 Å². The molecule has 1 saturated heterocycles. The number of likely N-dealkylation sites (tertiary alicyclic amines) is 1. The van der Waals surface area contributed by atoms with Crippen LogP contribution in [0.3, 0.4) is 0 Å². The van der Waals surface area contributed by atoms with E-state index in [1.54, 1.807) is 13.0 Å². The summed E-state index contributed by atoms with van der Waals surface area (Å²) in [5, 5.41) is 0. The van der Waals surface area contributed by atoms with Crippen molar-refractivity contribution in [2.75, 3.05) is 19.6 Å². The van der Waals surface area contributed by atoms with Gasteiger partial charge >= 0.3 is 0 Å². The van der Waals surface area contributed by atoms with Crippen LogP contribution in [0.25, 0.3) is 0 Å². The summed E-state index contributed by atoms with van der Waals surface area (Å²) in [6.45, 7) is 4.93. The second kappa shape index (κ2) is 5.94. The Hall–Kier alpha value is -0.670. The van der Waals surface area contributed by atoms with Gasteiger partial charge in [-0.3, -0.25) is 9.69 Å². The summed E-state index contributed by atoms with van der Waals surface area (Å²) >= 11 is 0. The number of piperidine rings is 1. The fourth-order valence-corrected chi connectivity index (χ4v) is 1.61. The largest absolute Gasteiger partial charge is 0.321 e. The first-order chi connectivity index (χ1) is 6.70. The Morgan fingerprint density at radius 1 is 1.43 bits per heavy atom. The molecule has 80 valence electrons. The first-order valence-corrected chi connectivity index (χ1v) is 5.38. The van der Waals surface area contributed by atoms with Crippen molar-refractivity contribution < 1.29 is 4.79 Å². The van der Waals surface area contributed by atoms with Gasteiger partial charge in [0.15, 0.2) is 5.78 Å². The predicted octanol–water partition coefficient (Wildman–Crippen LogP) is 0.945. The lowest BCUT2D eigenvalue weighted by Gasteiger charge is -2.24. The van der Waals surface area contributed by atoms with E-state index in [0.29, 0.717) is 0 Å². The van der Waals surface area contributed by atoms with Gasteiger partial charge in [-0.05, 0) is 38.9 Å². The fraction of sp³-hybridized carbons (Fsp3) is 0.727. The molecule has 1 atom stereocenters. The highest BCUT2D eigenvalue weighted by molar-refractivity contribution is 5.93. The molecule has 3 heteroatoms. The van der Waals surface area contributed by atoms with Crippen molar-refractivity contribution in [3.05, 3.63) is 12.2 Å². The summed E-state index contributed by atoms with van der Waals surface area (Å²) in [4.78, 5) is 13.5. The van der Waals surface area contributed by atoms with Crippen LogP contribution >= 0.6 is 0 Å². The Kier molecular flexibility index (Phi) is 4.84. The zero-order valence-electron chi connectivity index (χ0n) is 8.91. The molecule has 1 fully saturated rings. The van der Waals surface area contributed by atoms with Crippen LogP contribution in [0.4, 0.5) is 0 Å². The van der Waals surface area contributed by atoms with Crippen LogP contribution < -0.4 is 5.73 Å². The molecule has 1 heterocycles. The minimum atomic E-state index is -0.368. The second-order valence-corrected chi connectivity index (χ2v) is 3.95. The highest BCUT2D eigenvalue weighted by Gasteiger charge is 2.08. The molecule has 1 rings (SSSR count). The molecule has 0 aromatic heterocycles. The van der Waals surface area contributed by atoms with Gasteiger partial charge in [0.05, 0.1) is 6.04 Å². The van der Waals surface area contributed by atoms with E-state index in [2.05, 4.69) is 4.90 Å². The lowest BCUT2D eigenvalue weighted by Crippen LogP contribution is -2.30. The number of carbonyl (C=O) groups excluding carboxylic acids is 1. The molecular formula is C11H20N2O. The van der Waals surface area contributed by atoms with Crippen molar-refractivity contribution in [1.29, 1.82) is 0 Å². The summed E-state index contributed by atoms with van der Waals surface area (Å²) in [5.74, 6) is 0.0157. The van der Waals surface area contributed by atoms with Gasteiger partial charge in [0.25, 0.3) is 0 Å². The van der Waals surface area contributed by atoms with Crippen molar-refractivity contribution in [3.8, 4) is 0 Å². The molecule has 3 nitrogen and oxygen atoms in total. The Balaban J connectivity index is 2.21. The fourth-order valence-electron chi connectivity index (χ4n) is 1.61. The minimum Gasteiger partial charge on any atom is -0.321 e. The third-order valence-corrected chi connectivity index (χ3v) is 2.54. The van der Waals surface area contributed by atoms with Crippen LogP contribution in [-0.4, -0.2) is 36.4 Å². The highest BCUT2D eigenvalue weighted by atomic mass is 16.1. The van der Waals surface area contributed by atoms with E-state index in [-0.39, 0.29) is 11.8 Å². The molecule has 0 aromatic carbocycles. The van der Waals surface area contributed by atoms with Gasteiger partial charge in [0.1, 0.15) is 0 Å². The zero-order valence-corrected chi connectivity index (χ0v) is 8.91. The van der Waals surface area contributed by atoms with Gasteiger partial charge in [0.2, 0.25) is 0 Å². The van der Waals surface area contributed by atoms with Gasteiger partial charge < -0.3 is 5.73 Å². The maximum atomic E-state index is 11.2. The molecule has 0 aliphatic carbocycles. The van der Waals surface area contributed by atoms with Crippen molar-refractivity contribution in [2.24, 2.45) is 5.73 Å². The molecular weight excluding hydrogens is 176 g/mol. The number of hydrogen-bond acceptors (Lipinski definition) is 3. The number of carbonyl (C=O) groups is 1. The summed E-state index contributed by atoms with van der Waals surface area (Å²) in [5.41, 5.74) is 5.44. The van der Waals surface area contributed by atoms with Gasteiger partial charge in [-0.1, -0.05) is 12.5 Å². The van der Waals surface area contributed by atoms with Crippen LogP contribution in [0.5, 0.6) is 0 Å². The van der Waals surface area contributed by atoms with Crippen molar-refractivity contribution in [2.45, 2.75) is 32.2 Å². The standard InChI is InChI=1S/C11H20N2O/c1-10(12)11(14)6-5-9-13-7-3-2-4-8-13/h5-6,10H,2-4,7-9,12H2,1H3/b6-5+. The van der Waals surface area contributed by atoms with Crippen molar-refractivity contribution >= 4 is 5.78 Å². The van der Waals surface area contributed by atoms with E-state index in [9.17, 15) is 4.79 Å². The summed E-state index contributed by atoms with van der Waals surface area (Å²) in [7, 11) is 0. The maximum Gasteiger partial charge on any atom is 0.171 e. The monoisotopic (exact) mass is 196 g/mol. The van der Waals surface area contributed by atoms with Crippen LogP contribution in [0.15, 0.2) is 12.2 Å². The van der Waals surface area contributed by atoms with Gasteiger partial charge in [-0.2, -0.15) is 0 Å². The summed E-state index contributed by atoms with van der Waals surface area (Å²) in [6.07, 6.45) is 7.46. The van der Waals surface area contributed by atoms with E-state index < -0.39 is 0 Å². The molecule has 1 unspecified atom stereocenters. The average Bonchev–Trinajstić information content (AvgIpc) is 2.19. The van der Waals surface area contributed by atoms with Crippen LogP contribution in [0, 0.1) is 0 Å². The number of rotatable bonds is 4. The van der Waals surface area contributed by atoms with Gasteiger partial charge in [-0.15, -0.1) is 0 Å². The van der Waals surface area contributed by atoms with Crippen LogP contribution in [-0.2, 0) is 4.79 Å². The van der Waals surface area contributed by atoms with Crippen molar-refractivity contribution in [3.63, 3.8) is 0 Å². The van der Waals surface area contributed by atoms with Crippen LogP contribution in [0.1, 0.15) is 26.2 Å². The number of nitrogens with two attached hydrogens (primary N) is 1. The maximum absolute atomic E-state index is 11.2. The second-order valence-electron chi connectivity index (χ2n) is 3.95. The molecule has 0 saturated carbocycles. The Bertz CT molecular complexity index is 205. The topological polar surface area (TPSA) is 46.3 Å². The SMILES string of the molecule is CC(N)C(=O)/C=C/CN1CCCCC1. The third-order valence-electron chi connectivity index (χ3n) is 2.54. The Morgan fingerprint density at radius 3 is 2.64 bits per heavy atom. The summed E-state index contributed by atoms with van der Waals surface area (Å²) in [6, 6.07) is -0.368. The third kappa shape index (κ3) is 4.03. The van der Waals surface area contributed by atoms with Gasteiger partial charge in [-0.25, -0.2) is 0 Å². The number of hydrogen-bond donors (Lipinski definition) is 1. The Labute approximate surface area is 86.0 Å². The molecule has 0 radical (unpaired) electrons. The smallest absolute Gasteiger partial charge is 0.171 e. The Morgan fingerprint density at radius 2 is 2.07 bits per heavy atom. The van der Waals surface area contributed by atoms with E-state index in [1.165, 1.54) is 19.3 Å². The summed E-state index contributed by atoms with van der Waals surface area (Å²) < 4.78 is 0. The molecule has 2 N–H and O–H groups in total. The molecule has 0 amide bonds. The predicted molar refractivity (Wildman–Crippen MR) is 58.1 cm³/mol. The van der Waals surface area contributed by atoms with Gasteiger partial charge in [0, 0.05) is 6.54 Å². The average molecular weight is 196 g/mol. The molecule has 0 bridgehead atoms. The molecule has 14 heavy (non-hydrogen) atoms. The minimum absolute atomic E-state index is 0.0157. The molecule has 1 aliphatic heterocycles. The highest BCUT2D eigenvalue weighted by Crippen LogP contribution is 2.07. The lowest BCUT2D eigenvalue weighted by atomic mass is 10.1. The quantitative estimate of drug-likeness (QED) is 0.681. The first-order valence-electron chi connectivity index (χ1n) is 5.38. The first kappa shape index (κ1) is 11.4. The normalized spacial score (nSPS) is 21.3. The number of nitrogens with zero attached hydrogens (tertiary/aromatic N) is 1. The van der Waals surface area contributed by atoms with E-state index in [1.807, 2.05) is 6.08 Å². The molecule has 1 aliphatic rings. The molecule has 0 spiro atoms. The van der Waals surface area contributed by atoms with E-state index >= 15 is 0 Å². The zero-order chi connectivity index (χ0) is 10.4.